The molecule has 2 rings (SSSR count). The third kappa shape index (κ3) is 3.70. The molecule has 17 heavy (non-hydrogen) atoms. The van der Waals surface area contributed by atoms with E-state index in [1.54, 1.807) is 9.80 Å². The molecule has 0 bridgehead atoms. The second-order valence-corrected chi connectivity index (χ2v) is 5.82. The average Bonchev–Trinajstić information content (AvgIpc) is 2.33. The Kier molecular flexibility index (Phi) is 4.43. The van der Waals surface area contributed by atoms with Crippen molar-refractivity contribution in [2.24, 2.45) is 0 Å². The standard InChI is InChI=1S/C14H21ClN2/c1-16-9-7-14(8-10-16)17(2)11-12-3-5-13(15)6-4-12/h3-6,14H,7-11H2,1-2H3/p+2. The van der Waals surface area contributed by atoms with Crippen LogP contribution in [0, 0.1) is 0 Å². The van der Waals surface area contributed by atoms with Gasteiger partial charge in [0.2, 0.25) is 0 Å². The number of hydrogen-bond acceptors (Lipinski definition) is 0. The fourth-order valence-electron chi connectivity index (χ4n) is 2.67. The Labute approximate surface area is 109 Å². The molecule has 1 unspecified atom stereocenters. The predicted molar refractivity (Wildman–Crippen MR) is 71.7 cm³/mol. The van der Waals surface area contributed by atoms with Crippen molar-refractivity contribution < 1.29 is 9.80 Å². The molecule has 2 N–H and O–H groups in total. The highest BCUT2D eigenvalue weighted by Gasteiger charge is 2.25. The van der Waals surface area contributed by atoms with Crippen molar-refractivity contribution in [1.82, 2.24) is 0 Å². The Morgan fingerprint density at radius 3 is 2.41 bits per heavy atom. The van der Waals surface area contributed by atoms with Gasteiger partial charge in [-0.15, -0.1) is 0 Å². The van der Waals surface area contributed by atoms with Gasteiger partial charge < -0.3 is 9.80 Å². The topological polar surface area (TPSA) is 8.88 Å². The fraction of sp³-hybridized carbons (Fsp3) is 0.571. The first-order chi connectivity index (χ1) is 8.15. The largest absolute Gasteiger partial charge is 0.337 e. The van der Waals surface area contributed by atoms with E-state index in [2.05, 4.69) is 26.2 Å². The molecular weight excluding hydrogens is 232 g/mol. The Balaban J connectivity index is 1.88. The minimum Gasteiger partial charge on any atom is -0.337 e. The van der Waals surface area contributed by atoms with Crippen molar-refractivity contribution >= 4 is 11.6 Å². The van der Waals surface area contributed by atoms with Gasteiger partial charge in [0.15, 0.2) is 0 Å². The molecule has 1 saturated heterocycles. The molecule has 1 aliphatic rings. The molecule has 0 radical (unpaired) electrons. The molecular formula is C14H23ClN2+2. The van der Waals surface area contributed by atoms with Crippen LogP contribution in [0.15, 0.2) is 24.3 Å². The average molecular weight is 255 g/mol. The van der Waals surface area contributed by atoms with Gasteiger partial charge in [-0.2, -0.15) is 0 Å². The van der Waals surface area contributed by atoms with E-state index in [1.165, 1.54) is 31.5 Å². The quantitative estimate of drug-likeness (QED) is 0.754. The number of piperidine rings is 1. The van der Waals surface area contributed by atoms with Gasteiger partial charge in [0, 0.05) is 23.4 Å². The van der Waals surface area contributed by atoms with Crippen molar-refractivity contribution in [1.29, 1.82) is 0 Å². The first-order valence-electron chi connectivity index (χ1n) is 6.53. The molecule has 1 aromatic rings. The van der Waals surface area contributed by atoms with Crippen molar-refractivity contribution in [3.8, 4) is 0 Å². The summed E-state index contributed by atoms with van der Waals surface area (Å²) in [5, 5.41) is 0.828. The molecule has 1 aromatic carbocycles. The van der Waals surface area contributed by atoms with E-state index >= 15 is 0 Å². The van der Waals surface area contributed by atoms with Gasteiger partial charge in [0.05, 0.1) is 33.2 Å². The number of benzene rings is 1. The lowest BCUT2D eigenvalue weighted by atomic mass is 10.0. The number of likely N-dealkylation sites (tertiary alicyclic amines) is 1. The summed E-state index contributed by atoms with van der Waals surface area (Å²) in [6.45, 7) is 3.76. The SMILES string of the molecule is C[NH+]1CCC([NH+](C)Cc2ccc(Cl)cc2)CC1. The lowest BCUT2D eigenvalue weighted by Crippen LogP contribution is -3.17. The smallest absolute Gasteiger partial charge is 0.103 e. The summed E-state index contributed by atoms with van der Waals surface area (Å²) < 4.78 is 0. The van der Waals surface area contributed by atoms with Crippen LogP contribution in [0.5, 0.6) is 0 Å². The zero-order valence-electron chi connectivity index (χ0n) is 10.8. The summed E-state index contributed by atoms with van der Waals surface area (Å²) >= 11 is 5.90. The van der Waals surface area contributed by atoms with E-state index in [0.29, 0.717) is 0 Å². The van der Waals surface area contributed by atoms with Crippen LogP contribution in [0.25, 0.3) is 0 Å². The minimum atomic E-state index is 0.828. The third-order valence-electron chi connectivity index (χ3n) is 3.93. The first-order valence-corrected chi connectivity index (χ1v) is 6.91. The molecule has 0 aromatic heterocycles. The number of hydrogen-bond donors (Lipinski definition) is 2. The maximum atomic E-state index is 5.90. The van der Waals surface area contributed by atoms with Gasteiger partial charge in [0.25, 0.3) is 0 Å². The fourth-order valence-corrected chi connectivity index (χ4v) is 2.80. The van der Waals surface area contributed by atoms with Crippen LogP contribution < -0.4 is 9.80 Å². The highest BCUT2D eigenvalue weighted by molar-refractivity contribution is 6.30. The summed E-state index contributed by atoms with van der Waals surface area (Å²) in [6, 6.07) is 9.10. The highest BCUT2D eigenvalue weighted by Crippen LogP contribution is 2.08. The van der Waals surface area contributed by atoms with Crippen molar-refractivity contribution in [3.63, 3.8) is 0 Å². The Morgan fingerprint density at radius 1 is 1.24 bits per heavy atom. The molecule has 1 atom stereocenters. The molecule has 1 aliphatic heterocycles. The summed E-state index contributed by atoms with van der Waals surface area (Å²) in [6.07, 6.45) is 2.70. The van der Waals surface area contributed by atoms with E-state index < -0.39 is 0 Å². The Hall–Kier alpha value is -0.570. The highest BCUT2D eigenvalue weighted by atomic mass is 35.5. The van der Waals surface area contributed by atoms with Crippen molar-refractivity contribution in [3.05, 3.63) is 34.9 Å². The summed E-state index contributed by atoms with van der Waals surface area (Å²) in [5.41, 5.74) is 1.39. The van der Waals surface area contributed by atoms with E-state index in [4.69, 9.17) is 11.6 Å². The van der Waals surface area contributed by atoms with Gasteiger partial charge in [-0.05, 0) is 12.1 Å². The lowest BCUT2D eigenvalue weighted by Gasteiger charge is -2.30. The van der Waals surface area contributed by atoms with Crippen LogP contribution in [-0.2, 0) is 6.54 Å². The maximum Gasteiger partial charge on any atom is 0.103 e. The van der Waals surface area contributed by atoms with Gasteiger partial charge in [-0.3, -0.25) is 0 Å². The monoisotopic (exact) mass is 254 g/mol. The second kappa shape index (κ2) is 5.85. The van der Waals surface area contributed by atoms with Gasteiger partial charge in [-0.25, -0.2) is 0 Å². The van der Waals surface area contributed by atoms with Crippen LogP contribution in [0.4, 0.5) is 0 Å². The summed E-state index contributed by atoms with van der Waals surface area (Å²) in [5.74, 6) is 0. The van der Waals surface area contributed by atoms with Crippen LogP contribution >= 0.6 is 11.6 Å². The molecule has 3 heteroatoms. The zero-order chi connectivity index (χ0) is 12.3. The van der Waals surface area contributed by atoms with Crippen molar-refractivity contribution in [2.75, 3.05) is 27.2 Å². The van der Waals surface area contributed by atoms with Crippen LogP contribution in [-0.4, -0.2) is 33.2 Å². The minimum absolute atomic E-state index is 0.828. The molecule has 0 amide bonds. The number of halogens is 1. The van der Waals surface area contributed by atoms with E-state index in [9.17, 15) is 0 Å². The van der Waals surface area contributed by atoms with Crippen LogP contribution in [0.1, 0.15) is 18.4 Å². The van der Waals surface area contributed by atoms with Crippen molar-refractivity contribution in [2.45, 2.75) is 25.4 Å². The molecule has 94 valence electrons. The number of nitrogens with one attached hydrogen (secondary N) is 2. The Morgan fingerprint density at radius 2 is 1.82 bits per heavy atom. The van der Waals surface area contributed by atoms with E-state index in [1.807, 2.05) is 12.1 Å². The number of rotatable bonds is 3. The predicted octanol–water partition coefficient (Wildman–Crippen LogP) is 0.0318. The third-order valence-corrected chi connectivity index (χ3v) is 4.18. The first kappa shape index (κ1) is 12.9. The molecule has 2 nitrogen and oxygen atoms in total. The van der Waals surface area contributed by atoms with Gasteiger partial charge in [0.1, 0.15) is 6.54 Å². The van der Waals surface area contributed by atoms with Crippen LogP contribution in [0.3, 0.4) is 0 Å². The van der Waals surface area contributed by atoms with Crippen LogP contribution in [0.2, 0.25) is 5.02 Å². The summed E-state index contributed by atoms with van der Waals surface area (Å²) in [4.78, 5) is 3.32. The van der Waals surface area contributed by atoms with Gasteiger partial charge in [-0.1, -0.05) is 23.7 Å². The second-order valence-electron chi connectivity index (χ2n) is 5.38. The molecule has 1 fully saturated rings. The molecule has 0 saturated carbocycles. The van der Waals surface area contributed by atoms with Gasteiger partial charge >= 0.3 is 0 Å². The maximum absolute atomic E-state index is 5.90. The van der Waals surface area contributed by atoms with E-state index in [0.717, 1.165) is 17.6 Å². The molecule has 0 spiro atoms. The lowest BCUT2D eigenvalue weighted by molar-refractivity contribution is -0.948. The zero-order valence-corrected chi connectivity index (χ0v) is 11.6. The normalized spacial score (nSPS) is 26.8. The molecule has 1 heterocycles. The summed E-state index contributed by atoms with van der Waals surface area (Å²) in [7, 11) is 4.62. The van der Waals surface area contributed by atoms with E-state index in [-0.39, 0.29) is 0 Å². The Bertz CT molecular complexity index is 342. The molecule has 0 aliphatic carbocycles. The number of quaternary nitrogens is 2.